The number of ether oxygens (including phenoxy) is 1. The maximum absolute atomic E-state index is 12.2. The van der Waals surface area contributed by atoms with Crippen LogP contribution in [-0.2, 0) is 36.0 Å². The highest BCUT2D eigenvalue weighted by Gasteiger charge is 2.47. The van der Waals surface area contributed by atoms with Gasteiger partial charge in [-0.2, -0.15) is 0 Å². The van der Waals surface area contributed by atoms with E-state index < -0.39 is 0 Å². The number of carbonyl (C=O) groups is 5. The smallest absolute Gasteiger partial charge is 0.409 e. The second-order valence-electron chi connectivity index (χ2n) is 35.0. The van der Waals surface area contributed by atoms with E-state index >= 15 is 0 Å². The number of urea groups is 2. The van der Waals surface area contributed by atoms with Gasteiger partial charge in [0.1, 0.15) is 0 Å². The van der Waals surface area contributed by atoms with Crippen LogP contribution >= 0.6 is 0 Å². The summed E-state index contributed by atoms with van der Waals surface area (Å²) in [5.41, 5.74) is 21.9. The van der Waals surface area contributed by atoms with Gasteiger partial charge in [-0.25, -0.2) is 14.4 Å². The van der Waals surface area contributed by atoms with Crippen molar-refractivity contribution in [3.05, 3.63) is 131 Å². The number of primary amides is 2. The minimum atomic E-state index is -0.356. The molecular formula is C90H135N11O6. The zero-order chi connectivity index (χ0) is 74.0. The molecule has 4 aromatic rings. The van der Waals surface area contributed by atoms with Gasteiger partial charge in [0.15, 0.2) is 0 Å². The van der Waals surface area contributed by atoms with E-state index in [-0.39, 0.29) is 55.9 Å². The van der Waals surface area contributed by atoms with E-state index in [4.69, 9.17) is 16.2 Å². The van der Waals surface area contributed by atoms with Crippen LogP contribution in [-0.4, -0.2) is 171 Å². The summed E-state index contributed by atoms with van der Waals surface area (Å²) in [6.45, 7) is 19.8. The number of para-hydroxylation sites is 4. The molecule has 13 aliphatic rings. The second-order valence-corrected chi connectivity index (χ2v) is 35.0. The maximum atomic E-state index is 12.2. The van der Waals surface area contributed by atoms with Gasteiger partial charge in [0, 0.05) is 104 Å². The van der Waals surface area contributed by atoms with Gasteiger partial charge in [0.2, 0.25) is 11.8 Å². The van der Waals surface area contributed by atoms with E-state index in [0.29, 0.717) is 25.6 Å². The van der Waals surface area contributed by atoms with Gasteiger partial charge in [-0.15, -0.1) is 0 Å². The molecule has 0 aromatic heterocycles. The number of hydrogen-bond acceptors (Lipinski definition) is 10. The number of allylic oxidation sites excluding steroid dienone is 2. The van der Waals surface area contributed by atoms with Gasteiger partial charge in [0.25, 0.3) is 0 Å². The van der Waals surface area contributed by atoms with E-state index in [9.17, 15) is 24.0 Å². The molecule has 5 N–H and O–H groups in total. The minimum Gasteiger partial charge on any atom is -0.450 e. The SMILES string of the molecule is CC(=O)N1CCCC2(CCN(CC3CCCCC3)CC2)c2ccccc21.CCOC(=O)N1CCC(N2CCC3(CCCN(C(N)=O)c4ccccc43)CC2)CC1.NC(=O)N1CCCC2(CCN(C3CCCCCC3)CC2)c2ccccc21.O=C1CCC2(CCN(CC3CC4C=CC3C4)CC2)c2ccccc2N1.[HH].[HH].[HH]. The van der Waals surface area contributed by atoms with Crippen molar-refractivity contribution in [1.82, 2.24) is 24.5 Å². The highest BCUT2D eigenvalue weighted by molar-refractivity contribution is 5.94. The Hall–Kier alpha value is -6.79. The summed E-state index contributed by atoms with van der Waals surface area (Å²) in [6.07, 6.45) is 43.1. The quantitative estimate of drug-likeness (QED) is 0.119. The molecule has 107 heavy (non-hydrogen) atoms. The number of nitrogens with two attached hydrogens (primary N) is 2. The van der Waals surface area contributed by atoms with Crippen molar-refractivity contribution in [2.45, 2.75) is 247 Å². The summed E-state index contributed by atoms with van der Waals surface area (Å²) < 4.78 is 5.14. The van der Waals surface area contributed by atoms with Gasteiger partial charge >= 0.3 is 18.2 Å². The van der Waals surface area contributed by atoms with E-state index in [1.54, 1.807) is 16.7 Å². The number of anilines is 4. The predicted molar refractivity (Wildman–Crippen MR) is 438 cm³/mol. The van der Waals surface area contributed by atoms with Crippen molar-refractivity contribution in [2.75, 3.05) is 125 Å². The molecule has 5 saturated heterocycles. The van der Waals surface area contributed by atoms with Crippen LogP contribution in [0.15, 0.2) is 109 Å². The monoisotopic (exact) mass is 1470 g/mol. The Kier molecular flexibility index (Phi) is 25.2. The standard InChI is InChI=1S/C23H34N4O3.C23H34N2O.C22H33N3O.C22H28N2O.3H2/c1-2-30-22(29)26-14-8-18(9-15-26)25-16-11-23(12-17-25)10-5-13-27(21(24)28)20-7-4-3-6-19(20)23;1-19(26)25-15-7-12-23(21-10-5-6-11-22(21)25)13-16-24(17-14-23)18-20-8-3-2-4-9-20;23-21(26)25-15-7-12-22(19-10-5-6-11-20(19)25)13-16-24(17-14-22)18-8-3-1-2-4-9-18;25-21-7-8-22(19-3-1-2-4-20(19)23-21)9-11-24(12-10-22)15-18-14-16-5-6-17(18)13-16;;;/h3-4,6-7,18H,2,5,8-17H2,1H3,(H2,24,28);5-6,10-11,20H,2-4,7-9,12-18H2,1H3;5-6,10-11,18H,1-4,7-9,12-17H2,(H2,23,26);1-6,16-18H,7-15H2,(H,23,25);3*1H. The van der Waals surface area contributed by atoms with Crippen LogP contribution in [0.4, 0.5) is 37.1 Å². The van der Waals surface area contributed by atoms with Gasteiger partial charge in [0.05, 0.1) is 6.61 Å². The fourth-order valence-corrected chi connectivity index (χ4v) is 23.0. The summed E-state index contributed by atoms with van der Waals surface area (Å²) in [6, 6.07) is 34.7. The number of carbonyl (C=O) groups excluding carboxylic acids is 5. The topological polar surface area (TPSA) is 185 Å². The Morgan fingerprint density at radius 2 is 0.888 bits per heavy atom. The average molecular weight is 1470 g/mol. The molecule has 4 aliphatic carbocycles. The van der Waals surface area contributed by atoms with Crippen LogP contribution in [0.3, 0.4) is 0 Å². The van der Waals surface area contributed by atoms with Crippen molar-refractivity contribution in [3.63, 3.8) is 0 Å². The molecule has 0 radical (unpaired) electrons. The third-order valence-electron chi connectivity index (χ3n) is 29.1. The number of rotatable bonds is 7. The van der Waals surface area contributed by atoms with Crippen LogP contribution < -0.4 is 31.5 Å². The molecule has 17 rings (SSSR count). The Morgan fingerprint density at radius 1 is 0.458 bits per heavy atom. The third kappa shape index (κ3) is 17.5. The summed E-state index contributed by atoms with van der Waals surface area (Å²) >= 11 is 0. The summed E-state index contributed by atoms with van der Waals surface area (Å²) in [7, 11) is 0. The lowest BCUT2D eigenvalue weighted by Crippen LogP contribution is -2.51. The van der Waals surface area contributed by atoms with Crippen LogP contribution in [0, 0.1) is 23.7 Å². The first-order valence-corrected chi connectivity index (χ1v) is 42.8. The Labute approximate surface area is 645 Å². The summed E-state index contributed by atoms with van der Waals surface area (Å²) in [5, 5.41) is 3.12. The molecule has 17 heteroatoms. The molecule has 17 nitrogen and oxygen atoms in total. The number of fused-ring (bicyclic) bond motifs is 10. The molecule has 3 unspecified atom stereocenters. The van der Waals surface area contributed by atoms with Crippen LogP contribution in [0.2, 0.25) is 0 Å². The molecule has 9 aliphatic heterocycles. The van der Waals surface area contributed by atoms with E-state index in [1.807, 2.05) is 41.0 Å². The lowest BCUT2D eigenvalue weighted by molar-refractivity contribution is -0.117. The Balaban J connectivity index is 0.000000144. The first kappa shape index (κ1) is 77.0. The molecule has 586 valence electrons. The molecule has 7 amide bonds. The van der Waals surface area contributed by atoms with Crippen molar-refractivity contribution in [2.24, 2.45) is 35.1 Å². The first-order chi connectivity index (χ1) is 52.1. The van der Waals surface area contributed by atoms with E-state index in [2.05, 4.69) is 110 Å². The predicted octanol–water partition coefficient (Wildman–Crippen LogP) is 17.2. The lowest BCUT2D eigenvalue weighted by Gasteiger charge is -2.46. The lowest BCUT2D eigenvalue weighted by atomic mass is 9.69. The van der Waals surface area contributed by atoms with E-state index in [1.165, 1.54) is 215 Å². The number of amides is 7. The third-order valence-corrected chi connectivity index (χ3v) is 29.1. The molecule has 2 bridgehead atoms. The van der Waals surface area contributed by atoms with Crippen LogP contribution in [0.25, 0.3) is 0 Å². The molecule has 8 fully saturated rings. The first-order valence-electron chi connectivity index (χ1n) is 42.8. The Morgan fingerprint density at radius 3 is 1.36 bits per heavy atom. The van der Waals surface area contributed by atoms with Gasteiger partial charge < -0.3 is 50.9 Å². The van der Waals surface area contributed by atoms with Crippen molar-refractivity contribution in [1.29, 1.82) is 0 Å². The zero-order valence-electron chi connectivity index (χ0n) is 65.3. The van der Waals surface area contributed by atoms with Crippen molar-refractivity contribution < 1.29 is 33.0 Å². The van der Waals surface area contributed by atoms with Gasteiger partial charge in [-0.05, 0) is 293 Å². The van der Waals surface area contributed by atoms with Gasteiger partial charge in [-0.1, -0.05) is 130 Å². The number of hydrogen-bond donors (Lipinski definition) is 3. The zero-order valence-corrected chi connectivity index (χ0v) is 65.3. The van der Waals surface area contributed by atoms with E-state index in [0.717, 1.165) is 144 Å². The number of piperidine rings is 5. The minimum absolute atomic E-state index is 0. The number of nitrogens with zero attached hydrogens (tertiary/aromatic N) is 8. The largest absolute Gasteiger partial charge is 0.450 e. The fraction of sp³-hybridized carbons (Fsp3) is 0.656. The molecular weight excluding hydrogens is 1330 g/mol. The number of nitrogens with one attached hydrogen (secondary N) is 1. The number of likely N-dealkylation sites (tertiary alicyclic amines) is 5. The van der Waals surface area contributed by atoms with Crippen molar-refractivity contribution >= 4 is 52.7 Å². The normalized spacial score (nSPS) is 26.0. The maximum Gasteiger partial charge on any atom is 0.409 e. The molecule has 4 aromatic carbocycles. The summed E-state index contributed by atoms with van der Waals surface area (Å²) in [4.78, 5) is 78.5. The molecule has 9 heterocycles. The van der Waals surface area contributed by atoms with Crippen LogP contribution in [0.5, 0.6) is 0 Å². The van der Waals surface area contributed by atoms with Crippen LogP contribution in [0.1, 0.15) is 239 Å². The van der Waals surface area contributed by atoms with Crippen molar-refractivity contribution in [3.8, 4) is 0 Å². The fourth-order valence-electron chi connectivity index (χ4n) is 23.0. The molecule has 4 spiro atoms. The molecule has 3 saturated carbocycles. The highest BCUT2D eigenvalue weighted by Crippen LogP contribution is 2.52. The Bertz CT molecular complexity index is 3690. The number of benzene rings is 4. The molecule has 3 atom stereocenters. The average Bonchev–Trinajstić information content (AvgIpc) is 1.46. The summed E-state index contributed by atoms with van der Waals surface area (Å²) in [5.74, 6) is 3.91. The highest BCUT2D eigenvalue weighted by atomic mass is 16.6. The van der Waals surface area contributed by atoms with Gasteiger partial charge in [-0.3, -0.25) is 19.4 Å². The second kappa shape index (κ2) is 35.1.